The second-order valence-corrected chi connectivity index (χ2v) is 3.70. The van der Waals surface area contributed by atoms with Gasteiger partial charge in [0.25, 0.3) is 5.91 Å². The zero-order chi connectivity index (χ0) is 11.3. The van der Waals surface area contributed by atoms with Gasteiger partial charge in [-0.25, -0.2) is 4.98 Å². The molecule has 0 fully saturated rings. The van der Waals surface area contributed by atoms with Crippen molar-refractivity contribution < 1.29 is 9.59 Å². The summed E-state index contributed by atoms with van der Waals surface area (Å²) in [5.41, 5.74) is 5.69. The van der Waals surface area contributed by atoms with Gasteiger partial charge in [-0.05, 0) is 0 Å². The van der Waals surface area contributed by atoms with E-state index in [1.54, 1.807) is 5.38 Å². The van der Waals surface area contributed by atoms with Crippen LogP contribution in [0.15, 0.2) is 5.38 Å². The number of hydrogen-bond donors (Lipinski definition) is 3. The highest BCUT2D eigenvalue weighted by Crippen LogP contribution is 2.10. The van der Waals surface area contributed by atoms with E-state index in [0.717, 1.165) is 0 Å². The molecule has 1 aromatic rings. The first kappa shape index (κ1) is 11.4. The zero-order valence-corrected chi connectivity index (χ0v) is 9.06. The minimum absolute atomic E-state index is 0.123. The van der Waals surface area contributed by atoms with Crippen molar-refractivity contribution in [2.24, 2.45) is 0 Å². The van der Waals surface area contributed by atoms with Gasteiger partial charge in [-0.2, -0.15) is 0 Å². The first-order valence-electron chi connectivity index (χ1n) is 4.33. The molecule has 82 valence electrons. The van der Waals surface area contributed by atoms with Crippen LogP contribution in [0.4, 0.5) is 5.13 Å². The van der Waals surface area contributed by atoms with Crippen LogP contribution in [-0.2, 0) is 4.79 Å². The summed E-state index contributed by atoms with van der Waals surface area (Å²) in [5.74, 6) is -0.407. The normalized spacial score (nSPS) is 9.67. The monoisotopic (exact) mass is 228 g/mol. The molecule has 7 heteroatoms. The lowest BCUT2D eigenvalue weighted by Crippen LogP contribution is -2.33. The molecule has 1 aromatic heterocycles. The second kappa shape index (κ2) is 5.30. The van der Waals surface area contributed by atoms with Crippen molar-refractivity contribution in [1.29, 1.82) is 0 Å². The van der Waals surface area contributed by atoms with E-state index in [2.05, 4.69) is 15.6 Å². The number of anilines is 1. The van der Waals surface area contributed by atoms with Crippen molar-refractivity contribution in [2.75, 3.05) is 18.8 Å². The van der Waals surface area contributed by atoms with Gasteiger partial charge in [0, 0.05) is 25.4 Å². The fraction of sp³-hybridized carbons (Fsp3) is 0.375. The average molecular weight is 228 g/mol. The Labute approximate surface area is 90.9 Å². The molecule has 0 aliphatic heterocycles. The number of carbonyl (C=O) groups excluding carboxylic acids is 2. The molecule has 0 aliphatic rings. The van der Waals surface area contributed by atoms with Gasteiger partial charge in [0.2, 0.25) is 5.91 Å². The predicted molar refractivity (Wildman–Crippen MR) is 57.5 cm³/mol. The first-order valence-corrected chi connectivity index (χ1v) is 5.21. The van der Waals surface area contributed by atoms with Gasteiger partial charge in [0.1, 0.15) is 5.69 Å². The summed E-state index contributed by atoms with van der Waals surface area (Å²) >= 11 is 1.21. The molecule has 1 rings (SSSR count). The molecular weight excluding hydrogens is 216 g/mol. The highest BCUT2D eigenvalue weighted by atomic mass is 32.1. The third kappa shape index (κ3) is 3.94. The lowest BCUT2D eigenvalue weighted by molar-refractivity contribution is -0.118. The molecular formula is C8H12N4O2S. The molecule has 15 heavy (non-hydrogen) atoms. The van der Waals surface area contributed by atoms with Crippen LogP contribution in [0.5, 0.6) is 0 Å². The number of amides is 2. The zero-order valence-electron chi connectivity index (χ0n) is 8.24. The quantitative estimate of drug-likeness (QED) is 0.610. The van der Waals surface area contributed by atoms with Crippen LogP contribution in [0.1, 0.15) is 17.4 Å². The predicted octanol–water partition coefficient (Wildman–Crippen LogP) is -0.409. The van der Waals surface area contributed by atoms with Gasteiger partial charge in [-0.15, -0.1) is 11.3 Å². The number of aromatic nitrogens is 1. The largest absolute Gasteiger partial charge is 0.375 e. The summed E-state index contributed by atoms with van der Waals surface area (Å²) in [6, 6.07) is 0. The van der Waals surface area contributed by atoms with E-state index in [-0.39, 0.29) is 11.8 Å². The van der Waals surface area contributed by atoms with Crippen LogP contribution < -0.4 is 16.4 Å². The number of nitrogens with one attached hydrogen (secondary N) is 2. The van der Waals surface area contributed by atoms with E-state index in [1.165, 1.54) is 18.3 Å². The minimum Gasteiger partial charge on any atom is -0.375 e. The maximum atomic E-state index is 11.4. The van der Waals surface area contributed by atoms with Crippen molar-refractivity contribution in [2.45, 2.75) is 6.92 Å². The molecule has 1 heterocycles. The van der Waals surface area contributed by atoms with Gasteiger partial charge in [-0.3, -0.25) is 9.59 Å². The number of rotatable bonds is 4. The summed E-state index contributed by atoms with van der Waals surface area (Å²) in [6.45, 7) is 2.19. The summed E-state index contributed by atoms with van der Waals surface area (Å²) in [6.07, 6.45) is 0. The molecule has 0 aliphatic carbocycles. The van der Waals surface area contributed by atoms with Crippen LogP contribution in [0, 0.1) is 0 Å². The minimum atomic E-state index is -0.284. The number of nitrogen functional groups attached to an aromatic ring is 1. The lowest BCUT2D eigenvalue weighted by Gasteiger charge is -2.03. The maximum absolute atomic E-state index is 11.4. The summed E-state index contributed by atoms with van der Waals surface area (Å²) < 4.78 is 0. The highest BCUT2D eigenvalue weighted by molar-refractivity contribution is 7.13. The Morgan fingerprint density at radius 1 is 1.47 bits per heavy atom. The van der Waals surface area contributed by atoms with Crippen LogP contribution >= 0.6 is 11.3 Å². The highest BCUT2D eigenvalue weighted by Gasteiger charge is 2.08. The van der Waals surface area contributed by atoms with E-state index in [1.807, 2.05) is 0 Å². The SMILES string of the molecule is CC(=O)NCCNC(=O)c1csc(N)n1. The maximum Gasteiger partial charge on any atom is 0.270 e. The standard InChI is InChI=1S/C8H12N4O2S/c1-5(13)10-2-3-11-7(14)6-4-15-8(9)12-6/h4H,2-3H2,1H3,(H2,9,12)(H,10,13)(H,11,14). The molecule has 0 bridgehead atoms. The summed E-state index contributed by atoms with van der Waals surface area (Å²) in [4.78, 5) is 25.7. The molecule has 0 aromatic carbocycles. The topological polar surface area (TPSA) is 97.1 Å². The van der Waals surface area contributed by atoms with Gasteiger partial charge >= 0.3 is 0 Å². The lowest BCUT2D eigenvalue weighted by atomic mass is 10.4. The van der Waals surface area contributed by atoms with Crippen LogP contribution in [0.3, 0.4) is 0 Å². The second-order valence-electron chi connectivity index (χ2n) is 2.81. The Morgan fingerprint density at radius 3 is 2.67 bits per heavy atom. The fourth-order valence-corrected chi connectivity index (χ4v) is 1.44. The average Bonchev–Trinajstić information content (AvgIpc) is 2.59. The van der Waals surface area contributed by atoms with Crippen molar-refractivity contribution in [3.05, 3.63) is 11.1 Å². The Morgan fingerprint density at radius 2 is 2.13 bits per heavy atom. The number of hydrogen-bond acceptors (Lipinski definition) is 5. The van der Waals surface area contributed by atoms with Crippen molar-refractivity contribution in [3.8, 4) is 0 Å². The molecule has 2 amide bonds. The van der Waals surface area contributed by atoms with Crippen molar-refractivity contribution >= 4 is 28.3 Å². The van der Waals surface area contributed by atoms with Gasteiger partial charge in [-0.1, -0.05) is 0 Å². The Kier molecular flexibility index (Phi) is 4.04. The molecule has 0 saturated carbocycles. The smallest absolute Gasteiger partial charge is 0.270 e. The summed E-state index contributed by atoms with van der Waals surface area (Å²) in [7, 11) is 0. The first-order chi connectivity index (χ1) is 7.09. The number of nitrogens with two attached hydrogens (primary N) is 1. The van der Waals surface area contributed by atoms with Crippen LogP contribution in [0.2, 0.25) is 0 Å². The van der Waals surface area contributed by atoms with Crippen molar-refractivity contribution in [1.82, 2.24) is 15.6 Å². The van der Waals surface area contributed by atoms with E-state index in [0.29, 0.717) is 23.9 Å². The van der Waals surface area contributed by atoms with Gasteiger partial charge in [0.15, 0.2) is 5.13 Å². The van der Waals surface area contributed by atoms with Crippen LogP contribution in [-0.4, -0.2) is 29.9 Å². The fourth-order valence-electron chi connectivity index (χ4n) is 0.897. The van der Waals surface area contributed by atoms with Crippen molar-refractivity contribution in [3.63, 3.8) is 0 Å². The molecule has 0 radical (unpaired) electrons. The number of nitrogens with zero attached hydrogens (tertiary/aromatic N) is 1. The van der Waals surface area contributed by atoms with E-state index < -0.39 is 0 Å². The van der Waals surface area contributed by atoms with E-state index >= 15 is 0 Å². The number of thiazole rings is 1. The number of carbonyl (C=O) groups is 2. The molecule has 0 saturated heterocycles. The Bertz CT molecular complexity index is 363. The van der Waals surface area contributed by atoms with E-state index in [9.17, 15) is 9.59 Å². The molecule has 4 N–H and O–H groups in total. The molecule has 6 nitrogen and oxygen atoms in total. The van der Waals surface area contributed by atoms with E-state index in [4.69, 9.17) is 5.73 Å². The van der Waals surface area contributed by atoms with Gasteiger partial charge < -0.3 is 16.4 Å². The van der Waals surface area contributed by atoms with Gasteiger partial charge in [0.05, 0.1) is 0 Å². The Balaban J connectivity index is 2.28. The third-order valence-electron chi connectivity index (χ3n) is 1.54. The molecule has 0 atom stereocenters. The third-order valence-corrected chi connectivity index (χ3v) is 2.21. The summed E-state index contributed by atoms with van der Waals surface area (Å²) in [5, 5.41) is 7.11. The molecule has 0 unspecified atom stereocenters. The Hall–Kier alpha value is -1.63. The van der Waals surface area contributed by atoms with Crippen LogP contribution in [0.25, 0.3) is 0 Å². The molecule has 0 spiro atoms.